The molecule has 1 heterocycles. The highest BCUT2D eigenvalue weighted by atomic mass is 16.5. The number of methoxy groups -OCH3 is 2. The number of anilines is 2. The van der Waals surface area contributed by atoms with Crippen molar-refractivity contribution in [2.45, 2.75) is 6.54 Å². The molecule has 1 aromatic heterocycles. The van der Waals surface area contributed by atoms with Crippen molar-refractivity contribution in [1.29, 1.82) is 0 Å². The number of carbonyl (C=O) groups is 2. The number of nitrogens with zero attached hydrogens (tertiary/aromatic N) is 2. The Morgan fingerprint density at radius 3 is 2.73 bits per heavy atom. The molecular formula is C14H16N4O4. The quantitative estimate of drug-likeness (QED) is 0.820. The summed E-state index contributed by atoms with van der Waals surface area (Å²) in [5.74, 6) is 0.221. The molecule has 8 nitrogen and oxygen atoms in total. The number of hydrogen-bond acceptors (Lipinski definition) is 5. The van der Waals surface area contributed by atoms with E-state index in [4.69, 9.17) is 4.74 Å². The van der Waals surface area contributed by atoms with E-state index >= 15 is 0 Å². The van der Waals surface area contributed by atoms with E-state index in [0.717, 1.165) is 0 Å². The first-order chi connectivity index (χ1) is 10.6. The number of nitrogens with one attached hydrogen (secondary N) is 2. The standard InChI is InChI=1S/C14H16N4O4/c1-21-12-5-3-4-10(6-12)16-14(20)17-11-7-15-18(8-11)9-13(19)22-2/h3-8H,9H2,1-2H3,(H2,16,17,20). The number of carbonyl (C=O) groups excluding carboxylic acids is 2. The van der Waals surface area contributed by atoms with Gasteiger partial charge < -0.3 is 20.1 Å². The second-order valence-electron chi connectivity index (χ2n) is 4.31. The van der Waals surface area contributed by atoms with Gasteiger partial charge >= 0.3 is 12.0 Å². The van der Waals surface area contributed by atoms with E-state index in [1.54, 1.807) is 31.4 Å². The summed E-state index contributed by atoms with van der Waals surface area (Å²) in [4.78, 5) is 23.0. The average Bonchev–Trinajstić information content (AvgIpc) is 2.94. The van der Waals surface area contributed by atoms with E-state index in [2.05, 4.69) is 20.5 Å². The minimum Gasteiger partial charge on any atom is -0.497 e. The zero-order valence-corrected chi connectivity index (χ0v) is 12.2. The normalized spacial score (nSPS) is 9.91. The maximum atomic E-state index is 11.9. The van der Waals surface area contributed by atoms with Crippen molar-refractivity contribution in [2.24, 2.45) is 0 Å². The lowest BCUT2D eigenvalue weighted by Gasteiger charge is -2.07. The molecular weight excluding hydrogens is 288 g/mol. The number of amides is 2. The molecule has 0 aliphatic rings. The predicted molar refractivity (Wildman–Crippen MR) is 79.9 cm³/mol. The van der Waals surface area contributed by atoms with Gasteiger partial charge in [0, 0.05) is 18.0 Å². The molecule has 0 saturated heterocycles. The molecule has 0 atom stereocenters. The molecule has 8 heteroatoms. The van der Waals surface area contributed by atoms with Crippen LogP contribution in [0.25, 0.3) is 0 Å². The van der Waals surface area contributed by atoms with Gasteiger partial charge in [-0.15, -0.1) is 0 Å². The number of hydrogen-bond donors (Lipinski definition) is 2. The van der Waals surface area contributed by atoms with Gasteiger partial charge in [0.25, 0.3) is 0 Å². The molecule has 22 heavy (non-hydrogen) atoms. The largest absolute Gasteiger partial charge is 0.497 e. The van der Waals surface area contributed by atoms with Gasteiger partial charge in [0.2, 0.25) is 0 Å². The molecule has 116 valence electrons. The molecule has 0 spiro atoms. The van der Waals surface area contributed by atoms with E-state index in [-0.39, 0.29) is 6.54 Å². The first-order valence-electron chi connectivity index (χ1n) is 6.42. The van der Waals surface area contributed by atoms with Gasteiger partial charge in [0.1, 0.15) is 12.3 Å². The van der Waals surface area contributed by atoms with Gasteiger partial charge in [-0.25, -0.2) is 4.79 Å². The van der Waals surface area contributed by atoms with Crippen LogP contribution in [0.3, 0.4) is 0 Å². The molecule has 0 aliphatic heterocycles. The van der Waals surface area contributed by atoms with Gasteiger partial charge in [-0.1, -0.05) is 6.07 Å². The van der Waals surface area contributed by atoms with Gasteiger partial charge in [0.15, 0.2) is 0 Å². The number of urea groups is 1. The summed E-state index contributed by atoms with van der Waals surface area (Å²) < 4.78 is 11.0. The molecule has 1 aromatic carbocycles. The highest BCUT2D eigenvalue weighted by Gasteiger charge is 2.07. The number of ether oxygens (including phenoxy) is 2. The molecule has 2 aromatic rings. The van der Waals surface area contributed by atoms with Crippen LogP contribution in [0.4, 0.5) is 16.2 Å². The van der Waals surface area contributed by atoms with Crippen LogP contribution < -0.4 is 15.4 Å². The van der Waals surface area contributed by atoms with Crippen LogP contribution in [-0.4, -0.2) is 36.0 Å². The molecule has 0 fully saturated rings. The SMILES string of the molecule is COC(=O)Cn1cc(NC(=O)Nc2cccc(OC)c2)cn1. The fraction of sp³-hybridized carbons (Fsp3) is 0.214. The molecule has 0 bridgehead atoms. The van der Waals surface area contributed by atoms with Crippen molar-refractivity contribution in [3.63, 3.8) is 0 Å². The first-order valence-corrected chi connectivity index (χ1v) is 6.42. The van der Waals surface area contributed by atoms with Crippen molar-refractivity contribution in [3.05, 3.63) is 36.7 Å². The fourth-order valence-electron chi connectivity index (χ4n) is 1.71. The first kappa shape index (κ1) is 15.4. The molecule has 2 amide bonds. The highest BCUT2D eigenvalue weighted by Crippen LogP contribution is 2.17. The maximum Gasteiger partial charge on any atom is 0.327 e. The third kappa shape index (κ3) is 4.23. The van der Waals surface area contributed by atoms with Crippen molar-refractivity contribution < 1.29 is 19.1 Å². The molecule has 0 unspecified atom stereocenters. The van der Waals surface area contributed by atoms with Crippen LogP contribution in [0.2, 0.25) is 0 Å². The summed E-state index contributed by atoms with van der Waals surface area (Å²) in [6.07, 6.45) is 2.97. The van der Waals surface area contributed by atoms with Crippen molar-refractivity contribution in [1.82, 2.24) is 9.78 Å². The van der Waals surface area contributed by atoms with Crippen molar-refractivity contribution in [3.8, 4) is 5.75 Å². The predicted octanol–water partition coefficient (Wildman–Crippen LogP) is 1.71. The minimum absolute atomic E-state index is 0.0182. The summed E-state index contributed by atoms with van der Waals surface area (Å²) in [5.41, 5.74) is 1.06. The lowest BCUT2D eigenvalue weighted by atomic mass is 10.3. The Balaban J connectivity index is 1.93. The molecule has 0 aliphatic carbocycles. The van der Waals surface area contributed by atoms with Crippen LogP contribution >= 0.6 is 0 Å². The third-order valence-electron chi connectivity index (χ3n) is 2.74. The number of esters is 1. The summed E-state index contributed by atoms with van der Waals surface area (Å²) in [6.45, 7) is -0.0182. The van der Waals surface area contributed by atoms with E-state index in [0.29, 0.717) is 17.1 Å². The Morgan fingerprint density at radius 2 is 2.00 bits per heavy atom. The Kier molecular flexibility index (Phi) is 4.97. The highest BCUT2D eigenvalue weighted by molar-refractivity contribution is 5.99. The van der Waals surface area contributed by atoms with E-state index in [1.165, 1.54) is 24.2 Å². The summed E-state index contributed by atoms with van der Waals surface area (Å²) >= 11 is 0. The van der Waals surface area contributed by atoms with Crippen LogP contribution in [0.5, 0.6) is 5.75 Å². The van der Waals surface area contributed by atoms with Crippen LogP contribution in [-0.2, 0) is 16.1 Å². The van der Waals surface area contributed by atoms with Gasteiger partial charge in [0.05, 0.1) is 26.1 Å². The smallest absolute Gasteiger partial charge is 0.327 e. The van der Waals surface area contributed by atoms with E-state index in [1.807, 2.05) is 0 Å². The number of aromatic nitrogens is 2. The second kappa shape index (κ2) is 7.11. The van der Waals surface area contributed by atoms with Crippen LogP contribution in [0.1, 0.15) is 0 Å². The fourth-order valence-corrected chi connectivity index (χ4v) is 1.71. The topological polar surface area (TPSA) is 94.5 Å². The summed E-state index contributed by atoms with van der Waals surface area (Å²) in [5, 5.41) is 9.23. The Bertz CT molecular complexity index is 668. The lowest BCUT2D eigenvalue weighted by Crippen LogP contribution is -2.19. The zero-order valence-electron chi connectivity index (χ0n) is 12.2. The Labute approximate surface area is 127 Å². The van der Waals surface area contributed by atoms with E-state index < -0.39 is 12.0 Å². The monoisotopic (exact) mass is 304 g/mol. The lowest BCUT2D eigenvalue weighted by molar-refractivity contribution is -0.141. The molecule has 0 saturated carbocycles. The van der Waals surface area contributed by atoms with E-state index in [9.17, 15) is 9.59 Å². The van der Waals surface area contributed by atoms with Crippen molar-refractivity contribution in [2.75, 3.05) is 24.9 Å². The molecule has 0 radical (unpaired) electrons. The van der Waals surface area contributed by atoms with Crippen LogP contribution in [0, 0.1) is 0 Å². The molecule has 2 N–H and O–H groups in total. The molecule has 2 rings (SSSR count). The maximum absolute atomic E-state index is 11.9. The van der Waals surface area contributed by atoms with Gasteiger partial charge in [-0.2, -0.15) is 5.10 Å². The minimum atomic E-state index is -0.425. The van der Waals surface area contributed by atoms with Crippen molar-refractivity contribution >= 4 is 23.4 Å². The number of rotatable bonds is 5. The summed E-state index contributed by atoms with van der Waals surface area (Å²) in [6, 6.07) is 6.55. The van der Waals surface area contributed by atoms with Gasteiger partial charge in [-0.3, -0.25) is 9.48 Å². The second-order valence-corrected chi connectivity index (χ2v) is 4.31. The summed E-state index contributed by atoms with van der Waals surface area (Å²) in [7, 11) is 2.85. The Hall–Kier alpha value is -3.03. The van der Waals surface area contributed by atoms with Gasteiger partial charge in [-0.05, 0) is 12.1 Å². The average molecular weight is 304 g/mol. The van der Waals surface area contributed by atoms with Crippen LogP contribution in [0.15, 0.2) is 36.7 Å². The zero-order chi connectivity index (χ0) is 15.9. The Morgan fingerprint density at radius 1 is 1.23 bits per heavy atom. The number of benzene rings is 1. The third-order valence-corrected chi connectivity index (χ3v) is 2.74.